The van der Waals surface area contributed by atoms with Crippen LogP contribution in [0.4, 0.5) is 0 Å². The Labute approximate surface area is 195 Å². The van der Waals surface area contributed by atoms with E-state index >= 15 is 0 Å². The summed E-state index contributed by atoms with van der Waals surface area (Å²) in [5.74, 6) is -0.636. The number of ether oxygens (including phenoxy) is 1. The van der Waals surface area contributed by atoms with Gasteiger partial charge >= 0.3 is 5.97 Å². The predicted molar refractivity (Wildman–Crippen MR) is 130 cm³/mol. The van der Waals surface area contributed by atoms with E-state index in [1.165, 1.54) is 5.57 Å². The molecule has 0 fully saturated rings. The van der Waals surface area contributed by atoms with Crippen molar-refractivity contribution >= 4 is 12.2 Å². The quantitative estimate of drug-likeness (QED) is 0.493. The summed E-state index contributed by atoms with van der Waals surface area (Å²) in [7, 11) is 0. The molecule has 2 aliphatic rings. The minimum Gasteiger partial charge on any atom is -0.478 e. The Hall–Kier alpha value is -2.76. The third-order valence-electron chi connectivity index (χ3n) is 6.98. The molecule has 33 heavy (non-hydrogen) atoms. The van der Waals surface area contributed by atoms with E-state index in [-0.39, 0.29) is 18.1 Å². The molecule has 1 heterocycles. The second-order valence-electron chi connectivity index (χ2n) is 9.17. The van der Waals surface area contributed by atoms with E-state index in [0.29, 0.717) is 17.7 Å². The van der Waals surface area contributed by atoms with Crippen molar-refractivity contribution in [3.05, 3.63) is 70.9 Å². The van der Waals surface area contributed by atoms with Gasteiger partial charge in [-0.1, -0.05) is 62.2 Å². The molecular weight excluding hydrogens is 414 g/mol. The lowest BCUT2D eigenvalue weighted by molar-refractivity contribution is -0.0379. The number of unbranched alkanes of at least 4 members (excludes halogenated alkanes) is 1. The topological polar surface area (TPSA) is 79.1 Å². The summed E-state index contributed by atoms with van der Waals surface area (Å²) in [5, 5.41) is 19.3. The fourth-order valence-electron chi connectivity index (χ4n) is 5.03. The van der Waals surface area contributed by atoms with Gasteiger partial charge in [0.2, 0.25) is 0 Å². The van der Waals surface area contributed by atoms with Gasteiger partial charge in [0.25, 0.3) is 0 Å². The van der Waals surface area contributed by atoms with Crippen molar-refractivity contribution < 1.29 is 19.7 Å². The van der Waals surface area contributed by atoms with E-state index in [9.17, 15) is 15.0 Å². The number of nitrogens with zero attached hydrogens (tertiary/aromatic N) is 1. The van der Waals surface area contributed by atoms with Crippen LogP contribution in [-0.4, -0.2) is 34.6 Å². The Kier molecular flexibility index (Phi) is 7.41. The summed E-state index contributed by atoms with van der Waals surface area (Å²) in [6, 6.07) is 15.0. The van der Waals surface area contributed by atoms with Gasteiger partial charge in [-0.05, 0) is 59.9 Å². The summed E-state index contributed by atoms with van der Waals surface area (Å²) in [6.45, 7) is 2.90. The number of hydrogen-bond donors (Lipinski definition) is 2. The number of carboxylic acids is 1. The number of hydrogen-bond acceptors (Lipinski definition) is 4. The molecule has 4 rings (SSSR count). The molecule has 0 saturated carbocycles. The highest BCUT2D eigenvalue weighted by Gasteiger charge is 2.40. The van der Waals surface area contributed by atoms with Crippen LogP contribution in [-0.2, 0) is 11.3 Å². The van der Waals surface area contributed by atoms with Crippen molar-refractivity contribution in [2.75, 3.05) is 6.61 Å². The Bertz CT molecular complexity index is 1040. The Morgan fingerprint density at radius 2 is 1.97 bits per heavy atom. The molecule has 174 valence electrons. The molecule has 0 saturated heterocycles. The van der Waals surface area contributed by atoms with Crippen LogP contribution in [0.2, 0.25) is 0 Å². The zero-order valence-corrected chi connectivity index (χ0v) is 19.3. The molecule has 0 bridgehead atoms. The number of rotatable bonds is 9. The minimum absolute atomic E-state index is 0.212. The maximum Gasteiger partial charge on any atom is 0.336 e. The number of aliphatic hydroxyl groups excluding tert-OH is 1. The third-order valence-corrected chi connectivity index (χ3v) is 6.98. The van der Waals surface area contributed by atoms with Gasteiger partial charge in [-0.25, -0.2) is 4.79 Å². The van der Waals surface area contributed by atoms with Crippen molar-refractivity contribution in [3.8, 4) is 11.1 Å². The van der Waals surface area contributed by atoms with Crippen LogP contribution in [0, 0.1) is 5.92 Å². The van der Waals surface area contributed by atoms with Gasteiger partial charge in [0.05, 0.1) is 17.8 Å². The van der Waals surface area contributed by atoms with Crippen LogP contribution in [0.15, 0.2) is 64.8 Å². The van der Waals surface area contributed by atoms with E-state index in [4.69, 9.17) is 9.73 Å². The van der Waals surface area contributed by atoms with E-state index in [1.54, 1.807) is 12.1 Å². The van der Waals surface area contributed by atoms with Crippen LogP contribution >= 0.6 is 0 Å². The summed E-state index contributed by atoms with van der Waals surface area (Å²) >= 11 is 0. The fourth-order valence-corrected chi connectivity index (χ4v) is 5.03. The molecule has 0 spiro atoms. The molecule has 2 aromatic rings. The monoisotopic (exact) mass is 447 g/mol. The van der Waals surface area contributed by atoms with Crippen LogP contribution in [0.5, 0.6) is 0 Å². The van der Waals surface area contributed by atoms with Crippen LogP contribution in [0.1, 0.15) is 67.8 Å². The summed E-state index contributed by atoms with van der Waals surface area (Å²) in [4.78, 5) is 16.3. The molecule has 1 aliphatic carbocycles. The van der Waals surface area contributed by atoms with Crippen LogP contribution in [0.3, 0.4) is 0 Å². The maximum absolute atomic E-state index is 11.6. The zero-order valence-electron chi connectivity index (χ0n) is 19.3. The molecule has 0 amide bonds. The van der Waals surface area contributed by atoms with E-state index in [2.05, 4.69) is 6.92 Å². The number of aliphatic imine (C=N–C) groups is 1. The van der Waals surface area contributed by atoms with Gasteiger partial charge in [0.15, 0.2) is 0 Å². The van der Waals surface area contributed by atoms with Gasteiger partial charge in [-0.15, -0.1) is 0 Å². The fraction of sp³-hybridized carbons (Fsp3) is 0.429. The van der Waals surface area contributed by atoms with E-state index in [1.807, 2.05) is 42.6 Å². The minimum atomic E-state index is -0.924. The average molecular weight is 448 g/mol. The maximum atomic E-state index is 11.6. The predicted octanol–water partition coefficient (Wildman–Crippen LogP) is 6.02. The zero-order chi connectivity index (χ0) is 23.3. The number of aromatic carboxylic acids is 1. The SMILES string of the molecule is CCCCC1(OCc2ccc(-c3ccccc3C(=O)O)cc2)CC=NC2=C1CC(CO)CC2. The molecular formula is C28H33NO4. The highest BCUT2D eigenvalue weighted by atomic mass is 16.5. The Morgan fingerprint density at radius 3 is 2.70 bits per heavy atom. The summed E-state index contributed by atoms with van der Waals surface area (Å²) in [5.41, 5.74) is 5.05. The summed E-state index contributed by atoms with van der Waals surface area (Å²) in [6.07, 6.45) is 8.68. The first-order valence-corrected chi connectivity index (χ1v) is 12.0. The molecule has 5 nitrogen and oxygen atoms in total. The smallest absolute Gasteiger partial charge is 0.336 e. The molecule has 0 aromatic heterocycles. The number of carbonyl (C=O) groups is 1. The second-order valence-corrected chi connectivity index (χ2v) is 9.17. The number of benzene rings is 2. The Balaban J connectivity index is 1.54. The van der Waals surface area contributed by atoms with Crippen LogP contribution in [0.25, 0.3) is 11.1 Å². The van der Waals surface area contributed by atoms with Crippen molar-refractivity contribution in [1.29, 1.82) is 0 Å². The average Bonchev–Trinajstić information content (AvgIpc) is 2.86. The highest BCUT2D eigenvalue weighted by Crippen LogP contribution is 2.44. The third kappa shape index (κ3) is 5.10. The Morgan fingerprint density at radius 1 is 1.18 bits per heavy atom. The number of carboxylic acid groups (broad SMARTS) is 1. The lowest BCUT2D eigenvalue weighted by Gasteiger charge is -2.42. The second kappa shape index (κ2) is 10.4. The van der Waals surface area contributed by atoms with Crippen molar-refractivity contribution in [2.24, 2.45) is 10.9 Å². The van der Waals surface area contributed by atoms with Crippen LogP contribution < -0.4 is 0 Å². The summed E-state index contributed by atoms with van der Waals surface area (Å²) < 4.78 is 6.70. The largest absolute Gasteiger partial charge is 0.478 e. The van der Waals surface area contributed by atoms with Gasteiger partial charge in [-0.2, -0.15) is 0 Å². The molecule has 2 atom stereocenters. The first-order valence-electron chi connectivity index (χ1n) is 12.0. The van der Waals surface area contributed by atoms with Gasteiger partial charge in [0, 0.05) is 24.9 Å². The molecule has 5 heteroatoms. The number of aliphatic hydroxyl groups is 1. The van der Waals surface area contributed by atoms with Gasteiger partial charge in [0.1, 0.15) is 0 Å². The normalized spacial score (nSPS) is 22.3. The van der Waals surface area contributed by atoms with Crippen molar-refractivity contribution in [1.82, 2.24) is 0 Å². The van der Waals surface area contributed by atoms with E-state index in [0.717, 1.165) is 61.8 Å². The highest BCUT2D eigenvalue weighted by molar-refractivity contribution is 5.95. The van der Waals surface area contributed by atoms with Gasteiger partial charge < -0.3 is 14.9 Å². The molecule has 2 aromatic carbocycles. The molecule has 1 aliphatic heterocycles. The van der Waals surface area contributed by atoms with Gasteiger partial charge in [-0.3, -0.25) is 4.99 Å². The van der Waals surface area contributed by atoms with Crippen molar-refractivity contribution in [2.45, 2.75) is 64.1 Å². The lowest BCUT2D eigenvalue weighted by Crippen LogP contribution is -2.40. The molecule has 2 unspecified atom stereocenters. The first-order chi connectivity index (χ1) is 16.1. The number of allylic oxidation sites excluding steroid dienone is 1. The van der Waals surface area contributed by atoms with Crippen molar-refractivity contribution in [3.63, 3.8) is 0 Å². The molecule has 2 N–H and O–H groups in total. The molecule has 0 radical (unpaired) electrons. The lowest BCUT2D eigenvalue weighted by atomic mass is 9.74. The standard InChI is InChI=1S/C28H33NO4/c1-2-3-14-28(15-16-29-26-13-10-21(18-30)17-25(26)28)33-19-20-8-11-22(12-9-20)23-6-4-5-7-24(23)27(31)32/h4-9,11-12,16,21,30H,2-3,10,13-15,17-19H2,1H3,(H,31,32). The van der Waals surface area contributed by atoms with E-state index < -0.39 is 5.97 Å². The first kappa shape index (κ1) is 23.4.